The Balaban J connectivity index is 1.46. The van der Waals surface area contributed by atoms with Gasteiger partial charge < -0.3 is 24.8 Å². The third kappa shape index (κ3) is 5.05. The number of carbonyl (C=O) groups excluding carboxylic acids is 1. The smallest absolute Gasteiger partial charge is 0.251 e. The van der Waals surface area contributed by atoms with Gasteiger partial charge >= 0.3 is 0 Å². The fourth-order valence-electron chi connectivity index (χ4n) is 3.18. The van der Waals surface area contributed by atoms with Gasteiger partial charge in [-0.1, -0.05) is 25.6 Å². The molecular formula is C21H26N6O4S. The van der Waals surface area contributed by atoms with Crippen molar-refractivity contribution in [1.29, 1.82) is 0 Å². The molecule has 10 nitrogen and oxygen atoms in total. The maximum absolute atomic E-state index is 12.5. The summed E-state index contributed by atoms with van der Waals surface area (Å²) in [6, 6.07) is 5.13. The number of ether oxygens (including phenoxy) is 3. The topological polar surface area (TPSA) is 112 Å². The van der Waals surface area contributed by atoms with Gasteiger partial charge in [0.15, 0.2) is 22.3 Å². The number of hydrogen-bond donors (Lipinski definition) is 2. The highest BCUT2D eigenvalue weighted by molar-refractivity contribution is 7.99. The molecule has 3 aromatic rings. The molecule has 0 unspecified atom stereocenters. The number of aromatic nitrogens is 4. The van der Waals surface area contributed by atoms with Crippen LogP contribution in [0, 0.1) is 0 Å². The molecular weight excluding hydrogens is 432 g/mol. The van der Waals surface area contributed by atoms with Crippen molar-refractivity contribution in [3.05, 3.63) is 30.0 Å². The van der Waals surface area contributed by atoms with Crippen LogP contribution in [0.15, 0.2) is 29.6 Å². The van der Waals surface area contributed by atoms with E-state index >= 15 is 0 Å². The zero-order valence-electron chi connectivity index (χ0n) is 18.3. The largest absolute Gasteiger partial charge is 0.454 e. The van der Waals surface area contributed by atoms with Crippen molar-refractivity contribution in [3.63, 3.8) is 0 Å². The summed E-state index contributed by atoms with van der Waals surface area (Å²) in [5, 5.41) is 12.5. The first-order chi connectivity index (χ1) is 15.5. The van der Waals surface area contributed by atoms with Crippen molar-refractivity contribution in [2.24, 2.45) is 0 Å². The lowest BCUT2D eigenvalue weighted by molar-refractivity contribution is 0.0951. The predicted molar refractivity (Wildman–Crippen MR) is 122 cm³/mol. The third-order valence-electron chi connectivity index (χ3n) is 4.66. The lowest BCUT2D eigenvalue weighted by atomic mass is 10.2. The monoisotopic (exact) mass is 458 g/mol. The highest BCUT2D eigenvalue weighted by Crippen LogP contribution is 2.32. The van der Waals surface area contributed by atoms with Crippen molar-refractivity contribution in [2.45, 2.75) is 30.8 Å². The molecule has 0 spiro atoms. The minimum atomic E-state index is -0.188. The van der Waals surface area contributed by atoms with E-state index in [0.29, 0.717) is 53.7 Å². The van der Waals surface area contributed by atoms with Crippen molar-refractivity contribution < 1.29 is 19.0 Å². The average molecular weight is 459 g/mol. The van der Waals surface area contributed by atoms with E-state index < -0.39 is 0 Å². The fraction of sp³-hybridized carbons (Fsp3) is 0.429. The summed E-state index contributed by atoms with van der Waals surface area (Å²) < 4.78 is 17.5. The molecule has 1 amide bonds. The average Bonchev–Trinajstić information content (AvgIpc) is 3.40. The quantitative estimate of drug-likeness (QED) is 0.269. The Morgan fingerprint density at radius 2 is 2.09 bits per heavy atom. The minimum absolute atomic E-state index is 0.175. The molecule has 170 valence electrons. The fourth-order valence-corrected chi connectivity index (χ4v) is 3.89. The van der Waals surface area contributed by atoms with Gasteiger partial charge in [0.2, 0.25) is 6.79 Å². The summed E-state index contributed by atoms with van der Waals surface area (Å²) in [4.78, 5) is 21.9. The van der Waals surface area contributed by atoms with Gasteiger partial charge in [0.05, 0.1) is 24.7 Å². The molecule has 2 N–H and O–H groups in total. The molecule has 0 bridgehead atoms. The molecule has 1 aliphatic rings. The number of nitrogens with zero attached hydrogens (tertiary/aromatic N) is 4. The summed E-state index contributed by atoms with van der Waals surface area (Å²) in [7, 11) is 1.66. The molecule has 0 atom stereocenters. The van der Waals surface area contributed by atoms with Crippen LogP contribution in [-0.2, 0) is 11.3 Å². The SMILES string of the molecule is COCCNc1nc(SC(C)C)nc2c1cnn2CCNC(=O)c1ccc2c(c1)OCO2. The molecule has 1 aliphatic heterocycles. The van der Waals surface area contributed by atoms with Crippen LogP contribution in [0.3, 0.4) is 0 Å². The number of methoxy groups -OCH3 is 1. The molecule has 0 radical (unpaired) electrons. The van der Waals surface area contributed by atoms with Crippen LogP contribution in [-0.4, -0.2) is 64.5 Å². The molecule has 1 aromatic carbocycles. The highest BCUT2D eigenvalue weighted by Gasteiger charge is 2.17. The number of fused-ring (bicyclic) bond motifs is 2. The summed E-state index contributed by atoms with van der Waals surface area (Å²) in [5.41, 5.74) is 1.24. The van der Waals surface area contributed by atoms with Crippen molar-refractivity contribution >= 4 is 34.5 Å². The van der Waals surface area contributed by atoms with Crippen molar-refractivity contribution in [2.75, 3.05) is 38.9 Å². The van der Waals surface area contributed by atoms with Gasteiger partial charge in [-0.15, -0.1) is 0 Å². The Kier molecular flexibility index (Phi) is 6.96. The molecule has 0 saturated heterocycles. The first kappa shape index (κ1) is 22.2. The van der Waals surface area contributed by atoms with E-state index in [4.69, 9.17) is 19.2 Å². The van der Waals surface area contributed by atoms with E-state index in [2.05, 4.69) is 34.6 Å². The van der Waals surface area contributed by atoms with E-state index in [9.17, 15) is 4.79 Å². The van der Waals surface area contributed by atoms with Gasteiger partial charge in [0.1, 0.15) is 5.82 Å². The summed E-state index contributed by atoms with van der Waals surface area (Å²) in [5.74, 6) is 1.77. The lowest BCUT2D eigenvalue weighted by Crippen LogP contribution is -2.27. The number of thioether (sulfide) groups is 1. The van der Waals surface area contributed by atoms with E-state index in [1.165, 1.54) is 0 Å². The Bertz CT molecular complexity index is 1100. The highest BCUT2D eigenvalue weighted by atomic mass is 32.2. The van der Waals surface area contributed by atoms with Crippen LogP contribution in [0.4, 0.5) is 5.82 Å². The van der Waals surface area contributed by atoms with Crippen LogP contribution in [0.25, 0.3) is 11.0 Å². The Morgan fingerprint density at radius 1 is 1.25 bits per heavy atom. The Labute approximate surface area is 190 Å². The van der Waals surface area contributed by atoms with Gasteiger partial charge in [-0.05, 0) is 18.2 Å². The zero-order valence-corrected chi connectivity index (χ0v) is 19.1. The molecule has 2 aromatic heterocycles. The van der Waals surface area contributed by atoms with Crippen molar-refractivity contribution in [1.82, 2.24) is 25.1 Å². The van der Waals surface area contributed by atoms with Crippen LogP contribution in [0.1, 0.15) is 24.2 Å². The summed E-state index contributed by atoms with van der Waals surface area (Å²) in [6.07, 6.45) is 1.74. The van der Waals surface area contributed by atoms with Crippen LogP contribution in [0.2, 0.25) is 0 Å². The summed E-state index contributed by atoms with van der Waals surface area (Å²) in [6.45, 7) is 6.43. The Hall–Kier alpha value is -3.05. The molecule has 4 rings (SSSR count). The zero-order chi connectivity index (χ0) is 22.5. The van der Waals surface area contributed by atoms with Crippen LogP contribution in [0.5, 0.6) is 11.5 Å². The number of amides is 1. The summed E-state index contributed by atoms with van der Waals surface area (Å²) >= 11 is 1.59. The standard InChI is InChI=1S/C21H26N6O4S/c1-13(2)32-21-25-18(22-7-9-29-3)15-11-24-27(19(15)26-21)8-6-23-20(28)14-4-5-16-17(10-14)31-12-30-16/h4-5,10-11,13H,6-9,12H2,1-3H3,(H,23,28)(H,22,25,26). The van der Waals surface area contributed by atoms with Gasteiger partial charge in [0.25, 0.3) is 5.91 Å². The normalized spacial score (nSPS) is 12.5. The second kappa shape index (κ2) is 10.0. The van der Waals surface area contributed by atoms with E-state index in [-0.39, 0.29) is 12.7 Å². The molecule has 0 saturated carbocycles. The van der Waals surface area contributed by atoms with Gasteiger partial charge in [-0.25, -0.2) is 14.6 Å². The van der Waals surface area contributed by atoms with Crippen LogP contribution >= 0.6 is 11.8 Å². The Morgan fingerprint density at radius 3 is 2.91 bits per heavy atom. The third-order valence-corrected chi connectivity index (χ3v) is 5.52. The molecule has 32 heavy (non-hydrogen) atoms. The minimum Gasteiger partial charge on any atom is -0.454 e. The predicted octanol–water partition coefficient (Wildman–Crippen LogP) is 2.54. The first-order valence-electron chi connectivity index (χ1n) is 10.4. The number of nitrogens with one attached hydrogen (secondary N) is 2. The second-order valence-corrected chi connectivity index (χ2v) is 8.91. The van der Waals surface area contributed by atoms with E-state index in [1.54, 1.807) is 47.9 Å². The van der Waals surface area contributed by atoms with Gasteiger partial charge in [0, 0.05) is 31.0 Å². The number of carbonyl (C=O) groups is 1. The maximum Gasteiger partial charge on any atom is 0.251 e. The lowest BCUT2D eigenvalue weighted by Gasteiger charge is -2.11. The molecule has 0 fully saturated rings. The number of rotatable bonds is 10. The van der Waals surface area contributed by atoms with E-state index in [1.807, 2.05) is 0 Å². The van der Waals surface area contributed by atoms with E-state index in [0.717, 1.165) is 16.9 Å². The van der Waals surface area contributed by atoms with Gasteiger partial charge in [-0.2, -0.15) is 5.10 Å². The molecule has 0 aliphatic carbocycles. The molecule has 3 heterocycles. The first-order valence-corrected chi connectivity index (χ1v) is 11.2. The van der Waals surface area contributed by atoms with Gasteiger partial charge in [-0.3, -0.25) is 4.79 Å². The second-order valence-electron chi connectivity index (χ2n) is 7.37. The van der Waals surface area contributed by atoms with Crippen molar-refractivity contribution in [3.8, 4) is 11.5 Å². The number of hydrogen-bond acceptors (Lipinski definition) is 9. The molecule has 11 heteroatoms. The maximum atomic E-state index is 12.5. The number of benzene rings is 1. The van der Waals surface area contributed by atoms with Crippen LogP contribution < -0.4 is 20.1 Å². The number of anilines is 1.